The molecule has 2 fully saturated rings. The molecule has 48 heavy (non-hydrogen) atoms. The number of imide groups is 1. The number of rotatable bonds is 8. The lowest BCUT2D eigenvalue weighted by Gasteiger charge is -2.31. The molecule has 0 saturated carbocycles. The number of halogens is 6. The molecule has 7 nitrogen and oxygen atoms in total. The number of carbonyl (C=O) groups excluding carboxylic acids is 2. The van der Waals surface area contributed by atoms with Crippen LogP contribution in [0.1, 0.15) is 41.6 Å². The quantitative estimate of drug-likeness (QED) is 0.153. The Balaban J connectivity index is 1.31. The Kier molecular flexibility index (Phi) is 8.94. The van der Waals surface area contributed by atoms with Crippen molar-refractivity contribution in [1.29, 1.82) is 0 Å². The Hall–Kier alpha value is -4.49. The van der Waals surface area contributed by atoms with Gasteiger partial charge in [0.25, 0.3) is 0 Å². The van der Waals surface area contributed by atoms with Crippen LogP contribution >= 0.6 is 0 Å². The Labute approximate surface area is 271 Å². The second-order valence-electron chi connectivity index (χ2n) is 12.0. The van der Waals surface area contributed by atoms with E-state index in [2.05, 4.69) is 4.98 Å². The molecule has 3 aromatic rings. The molecule has 3 heterocycles. The van der Waals surface area contributed by atoms with Crippen molar-refractivity contribution in [1.82, 2.24) is 4.98 Å². The molecule has 2 aromatic carbocycles. The molecular formula is C35H30F6N2O5. The maximum absolute atomic E-state index is 13.9. The number of phenols is 1. The number of amides is 2. The Morgan fingerprint density at radius 2 is 1.67 bits per heavy atom. The zero-order valence-electron chi connectivity index (χ0n) is 25.5. The van der Waals surface area contributed by atoms with Gasteiger partial charge in [0.1, 0.15) is 5.75 Å². The fourth-order valence-electron chi connectivity index (χ4n) is 6.99. The number of alkyl halides is 6. The number of ether oxygens (including phenoxy) is 2. The largest absolute Gasteiger partial charge is 0.508 e. The minimum absolute atomic E-state index is 0.0390. The number of aromatic nitrogens is 1. The second kappa shape index (κ2) is 12.8. The number of aromatic hydroxyl groups is 1. The molecular weight excluding hydrogens is 642 g/mol. The normalized spacial score (nSPS) is 23.1. The molecule has 2 aliphatic heterocycles. The Morgan fingerprint density at radius 3 is 2.27 bits per heavy atom. The summed E-state index contributed by atoms with van der Waals surface area (Å²) >= 11 is 0. The van der Waals surface area contributed by atoms with Gasteiger partial charge in [0.2, 0.25) is 11.8 Å². The van der Waals surface area contributed by atoms with E-state index in [-0.39, 0.29) is 31.5 Å². The average Bonchev–Trinajstić information content (AvgIpc) is 3.57. The number of hydrogen-bond acceptors (Lipinski definition) is 6. The van der Waals surface area contributed by atoms with E-state index in [1.165, 1.54) is 7.11 Å². The van der Waals surface area contributed by atoms with Gasteiger partial charge in [-0.1, -0.05) is 18.2 Å². The van der Waals surface area contributed by atoms with E-state index in [1.807, 2.05) is 18.2 Å². The summed E-state index contributed by atoms with van der Waals surface area (Å²) in [5, 5.41) is 9.70. The number of benzene rings is 2. The number of allylic oxidation sites excluding steroid dienone is 1. The molecule has 0 bridgehead atoms. The Morgan fingerprint density at radius 1 is 0.979 bits per heavy atom. The van der Waals surface area contributed by atoms with Crippen molar-refractivity contribution in [3.05, 3.63) is 100 Å². The second-order valence-corrected chi connectivity index (χ2v) is 12.0. The van der Waals surface area contributed by atoms with Crippen molar-refractivity contribution in [2.45, 2.75) is 37.7 Å². The van der Waals surface area contributed by atoms with Crippen molar-refractivity contribution in [2.75, 3.05) is 25.2 Å². The first-order chi connectivity index (χ1) is 22.8. The summed E-state index contributed by atoms with van der Waals surface area (Å²) in [4.78, 5) is 32.5. The van der Waals surface area contributed by atoms with Gasteiger partial charge in [-0.2, -0.15) is 26.3 Å². The van der Waals surface area contributed by atoms with Crippen LogP contribution in [0.2, 0.25) is 0 Å². The van der Waals surface area contributed by atoms with Crippen molar-refractivity contribution >= 4 is 29.2 Å². The van der Waals surface area contributed by atoms with Crippen LogP contribution in [0, 0.1) is 17.8 Å². The van der Waals surface area contributed by atoms with Crippen molar-refractivity contribution < 1.29 is 50.5 Å². The smallest absolute Gasteiger partial charge is 0.416 e. The van der Waals surface area contributed by atoms with Crippen molar-refractivity contribution in [3.63, 3.8) is 0 Å². The maximum Gasteiger partial charge on any atom is 0.416 e. The highest BCUT2D eigenvalue weighted by Crippen LogP contribution is 2.51. The highest BCUT2D eigenvalue weighted by molar-refractivity contribution is 6.22. The van der Waals surface area contributed by atoms with Gasteiger partial charge >= 0.3 is 12.4 Å². The summed E-state index contributed by atoms with van der Waals surface area (Å²) < 4.78 is 93.5. The number of methoxy groups -OCH3 is 1. The molecule has 3 aliphatic rings. The first-order valence-corrected chi connectivity index (χ1v) is 15.2. The SMILES string of the molecule is COCC1=C2[C@@H](CC/C(=C/c3ccc(O)cc3)c3ccccn3)OC[C@@H]2[C@@H]2C(=O)N(c3cc(C(F)(F)F)cc(C(F)(F)F)c3)C(=O)[C@@H]2C1. The maximum atomic E-state index is 13.9. The van der Waals surface area contributed by atoms with E-state index in [1.54, 1.807) is 36.5 Å². The number of phenolic OH excluding ortho intramolecular Hbond substituents is 1. The van der Waals surface area contributed by atoms with Gasteiger partial charge in [-0.05, 0) is 90.1 Å². The van der Waals surface area contributed by atoms with Crippen LogP contribution < -0.4 is 4.90 Å². The third-order valence-electron chi connectivity index (χ3n) is 9.06. The summed E-state index contributed by atoms with van der Waals surface area (Å²) in [6, 6.07) is 12.9. The Bertz CT molecular complexity index is 1740. The molecule has 1 aromatic heterocycles. The fraction of sp³-hybridized carbons (Fsp3) is 0.343. The first-order valence-electron chi connectivity index (χ1n) is 15.2. The predicted octanol–water partition coefficient (Wildman–Crippen LogP) is 7.31. The number of nitrogens with zero attached hydrogens (tertiary/aromatic N) is 2. The molecule has 4 atom stereocenters. The van der Waals surface area contributed by atoms with Gasteiger partial charge in [0, 0.05) is 19.2 Å². The van der Waals surface area contributed by atoms with Crippen LogP contribution in [0.15, 0.2) is 78.0 Å². The summed E-state index contributed by atoms with van der Waals surface area (Å²) in [5.41, 5.74) is -0.0869. The molecule has 6 rings (SSSR count). The van der Waals surface area contributed by atoms with Gasteiger partial charge in [0.15, 0.2) is 0 Å². The number of anilines is 1. The van der Waals surface area contributed by atoms with Gasteiger partial charge in [-0.25, -0.2) is 4.90 Å². The monoisotopic (exact) mass is 672 g/mol. The molecule has 0 spiro atoms. The molecule has 13 heteroatoms. The number of pyridine rings is 1. The summed E-state index contributed by atoms with van der Waals surface area (Å²) in [6.45, 7) is 0.146. The highest BCUT2D eigenvalue weighted by atomic mass is 19.4. The van der Waals surface area contributed by atoms with E-state index < -0.39 is 64.8 Å². The molecule has 2 amide bonds. The molecule has 1 aliphatic carbocycles. The molecule has 2 saturated heterocycles. The molecule has 252 valence electrons. The average molecular weight is 673 g/mol. The third kappa shape index (κ3) is 6.48. The van der Waals surface area contributed by atoms with Gasteiger partial charge in [0.05, 0.1) is 53.7 Å². The van der Waals surface area contributed by atoms with Gasteiger partial charge in [-0.15, -0.1) is 0 Å². The number of carbonyl (C=O) groups is 2. The number of hydrogen-bond donors (Lipinski definition) is 1. The van der Waals surface area contributed by atoms with Crippen molar-refractivity contribution in [3.8, 4) is 5.75 Å². The van der Waals surface area contributed by atoms with E-state index >= 15 is 0 Å². The lowest BCUT2D eigenvalue weighted by molar-refractivity contribution is -0.143. The van der Waals surface area contributed by atoms with Crippen LogP contribution in [0.5, 0.6) is 5.75 Å². The number of fused-ring (bicyclic) bond motifs is 3. The lowest BCUT2D eigenvalue weighted by atomic mass is 9.69. The standard InChI is InChI=1S/C35H30F6N2O5/c1-47-17-21-13-26-31(33(46)43(32(26)45)24-15-22(34(36,37)38)14-23(16-24)35(39,40)41)27-18-48-29(30(21)27)10-7-20(28-4-2-3-11-42-28)12-19-5-8-25(44)9-6-19/h2-6,8-9,11-12,14-16,26-27,29,31,44H,7,10,13,17-18H2,1H3/b20-12-/t26-,27+,29-,31-/m1/s1. The molecule has 1 N–H and O–H groups in total. The van der Waals surface area contributed by atoms with E-state index in [0.29, 0.717) is 29.9 Å². The van der Waals surface area contributed by atoms with Crippen LogP contribution in [0.3, 0.4) is 0 Å². The molecule has 0 radical (unpaired) electrons. The zero-order chi connectivity index (χ0) is 34.4. The highest BCUT2D eigenvalue weighted by Gasteiger charge is 2.57. The first kappa shape index (κ1) is 33.4. The van der Waals surface area contributed by atoms with Crippen LogP contribution in [-0.2, 0) is 31.4 Å². The minimum atomic E-state index is -5.15. The van der Waals surface area contributed by atoms with Crippen LogP contribution in [0.4, 0.5) is 32.0 Å². The summed E-state index contributed by atoms with van der Waals surface area (Å²) in [5.74, 6) is -4.24. The van der Waals surface area contributed by atoms with E-state index in [9.17, 15) is 41.0 Å². The fourth-order valence-corrected chi connectivity index (χ4v) is 6.99. The third-order valence-corrected chi connectivity index (χ3v) is 9.06. The summed E-state index contributed by atoms with van der Waals surface area (Å²) in [6.07, 6.45) is -6.20. The predicted molar refractivity (Wildman–Crippen MR) is 162 cm³/mol. The van der Waals surface area contributed by atoms with E-state index in [0.717, 1.165) is 28.0 Å². The lowest BCUT2D eigenvalue weighted by Crippen LogP contribution is -2.35. The molecule has 0 unspecified atom stereocenters. The topological polar surface area (TPSA) is 89.0 Å². The van der Waals surface area contributed by atoms with Gasteiger partial charge < -0.3 is 14.6 Å². The van der Waals surface area contributed by atoms with Crippen molar-refractivity contribution in [2.24, 2.45) is 17.8 Å². The minimum Gasteiger partial charge on any atom is -0.508 e. The summed E-state index contributed by atoms with van der Waals surface area (Å²) in [7, 11) is 1.47. The van der Waals surface area contributed by atoms with Crippen LogP contribution in [-0.4, -0.2) is 48.3 Å². The van der Waals surface area contributed by atoms with E-state index in [4.69, 9.17) is 9.47 Å². The van der Waals surface area contributed by atoms with Gasteiger partial charge in [-0.3, -0.25) is 14.6 Å². The van der Waals surface area contributed by atoms with Crippen LogP contribution in [0.25, 0.3) is 11.6 Å². The zero-order valence-corrected chi connectivity index (χ0v) is 25.5.